The lowest BCUT2D eigenvalue weighted by Gasteiger charge is -2.29. The summed E-state index contributed by atoms with van der Waals surface area (Å²) in [6.45, 7) is 5.85. The Morgan fingerprint density at radius 3 is 1.78 bits per heavy atom. The van der Waals surface area contributed by atoms with Crippen LogP contribution in [0, 0.1) is 5.92 Å². The predicted octanol–water partition coefficient (Wildman–Crippen LogP) is -2.94. The highest BCUT2D eigenvalue weighted by Crippen LogP contribution is 2.20. The summed E-state index contributed by atoms with van der Waals surface area (Å²) in [4.78, 5) is 103. The van der Waals surface area contributed by atoms with Gasteiger partial charge in [-0.1, -0.05) is 39.3 Å². The topological polar surface area (TPSA) is 404 Å². The first-order chi connectivity index (χ1) is 30.3. The zero-order chi connectivity index (χ0) is 47.9. The lowest BCUT2D eigenvalue weighted by atomic mass is 10.0. The van der Waals surface area contributed by atoms with Crippen molar-refractivity contribution in [2.75, 3.05) is 26.2 Å². The molecule has 1 aromatic carbocycles. The molecule has 64 heavy (non-hydrogen) atoms. The highest BCUT2D eigenvalue weighted by molar-refractivity contribution is 5.97. The van der Waals surface area contributed by atoms with Gasteiger partial charge in [-0.3, -0.25) is 38.8 Å². The third kappa shape index (κ3) is 19.0. The Bertz CT molecular complexity index is 1770. The molecule has 358 valence electrons. The summed E-state index contributed by atoms with van der Waals surface area (Å²) in [7, 11) is 0. The molecule has 2 rings (SSSR count). The van der Waals surface area contributed by atoms with Crippen LogP contribution in [-0.2, 0) is 40.0 Å². The molecule has 0 bridgehead atoms. The molecule has 6 amide bonds. The van der Waals surface area contributed by atoms with Gasteiger partial charge in [0.15, 0.2) is 11.9 Å². The van der Waals surface area contributed by atoms with Gasteiger partial charge in [-0.25, -0.2) is 4.79 Å². The van der Waals surface area contributed by atoms with E-state index in [1.54, 1.807) is 6.92 Å². The molecule has 23 heteroatoms. The number of aliphatic imine (C=N–C) groups is 2. The van der Waals surface area contributed by atoms with Crippen LogP contribution in [0.15, 0.2) is 34.3 Å². The third-order valence-electron chi connectivity index (χ3n) is 10.4. The normalized spacial score (nSPS) is 16.2. The summed E-state index contributed by atoms with van der Waals surface area (Å²) in [5.74, 6) is -5.60. The largest absolute Gasteiger partial charge is 0.508 e. The summed E-state index contributed by atoms with van der Waals surface area (Å²) >= 11 is 0. The van der Waals surface area contributed by atoms with Crippen LogP contribution in [-0.4, -0.2) is 137 Å². The van der Waals surface area contributed by atoms with Crippen LogP contribution < -0.4 is 61.0 Å². The fourth-order valence-corrected chi connectivity index (χ4v) is 6.91. The van der Waals surface area contributed by atoms with Crippen molar-refractivity contribution in [2.24, 2.45) is 50.3 Å². The zero-order valence-corrected chi connectivity index (χ0v) is 37.1. The molecule has 1 aliphatic heterocycles. The molecular weight excluding hydrogens is 833 g/mol. The van der Waals surface area contributed by atoms with E-state index in [0.29, 0.717) is 37.7 Å². The molecule has 0 aromatic heterocycles. The Kier molecular flexibility index (Phi) is 23.4. The van der Waals surface area contributed by atoms with Crippen molar-refractivity contribution in [3.8, 4) is 5.75 Å². The van der Waals surface area contributed by atoms with E-state index in [9.17, 15) is 43.8 Å². The van der Waals surface area contributed by atoms with E-state index in [-0.39, 0.29) is 81.7 Å². The van der Waals surface area contributed by atoms with Crippen LogP contribution in [0.4, 0.5) is 0 Å². The second-order valence-electron chi connectivity index (χ2n) is 16.2. The number of carboxylic acid groups (broad SMARTS) is 1. The van der Waals surface area contributed by atoms with E-state index in [2.05, 4.69) is 36.6 Å². The second-order valence-corrected chi connectivity index (χ2v) is 16.2. The quantitative estimate of drug-likeness (QED) is 0.0227. The van der Waals surface area contributed by atoms with Gasteiger partial charge in [-0.05, 0) is 81.4 Å². The average molecular weight is 903 g/mol. The molecule has 0 saturated carbocycles. The van der Waals surface area contributed by atoms with Crippen molar-refractivity contribution in [1.82, 2.24) is 31.5 Å². The molecule has 1 aromatic rings. The summed E-state index contributed by atoms with van der Waals surface area (Å²) in [5.41, 5.74) is 34.3. The van der Waals surface area contributed by atoms with Crippen molar-refractivity contribution in [3.63, 3.8) is 0 Å². The number of carbonyl (C=O) groups is 7. The Morgan fingerprint density at radius 1 is 0.719 bits per heavy atom. The summed E-state index contributed by atoms with van der Waals surface area (Å²) in [5, 5.41) is 32.6. The first-order valence-corrected chi connectivity index (χ1v) is 21.7. The monoisotopic (exact) mass is 903 g/mol. The number of carboxylic acids is 1. The molecule has 1 fully saturated rings. The van der Waals surface area contributed by atoms with E-state index in [1.807, 2.05) is 13.8 Å². The first kappa shape index (κ1) is 53.9. The standard InChI is InChI=1S/C41H70N14O9/c1-4-8-27(33(57)53-30(21-24-13-15-25(56)16-14-24)35(59)54-31(22-42)36(60)52-29(39(63)64)17-12-23(2)3)50-34(58)28(10-6-19-49-41(46)47)51-37(61)32-11-7-20-55(32)38(62)26(43)9-5-18-48-40(44)45/h13-16,23,26-32,56H,4-12,17-22,42-43H2,1-3H3,(H,50,58)(H,51,61)(H,52,60)(H,53,57)(H,54,59)(H,63,64)(H4,44,45,48)(H4,46,47,49)/t26-,27-,28-,29-,30-,31-,32-/m0/s1. The molecular formula is C41H70N14O9. The summed E-state index contributed by atoms with van der Waals surface area (Å²) in [6, 6.07) is -2.41. The van der Waals surface area contributed by atoms with Crippen molar-refractivity contribution >= 4 is 53.3 Å². The van der Waals surface area contributed by atoms with Crippen molar-refractivity contribution in [1.29, 1.82) is 0 Å². The number of amides is 6. The van der Waals surface area contributed by atoms with Gasteiger partial charge in [-0.2, -0.15) is 0 Å². The van der Waals surface area contributed by atoms with Crippen molar-refractivity contribution < 1.29 is 43.8 Å². The summed E-state index contributed by atoms with van der Waals surface area (Å²) < 4.78 is 0. The third-order valence-corrected chi connectivity index (χ3v) is 10.4. The Labute approximate surface area is 373 Å². The minimum atomic E-state index is -1.38. The molecule has 1 heterocycles. The minimum Gasteiger partial charge on any atom is -0.508 e. The van der Waals surface area contributed by atoms with E-state index in [1.165, 1.54) is 29.2 Å². The fourth-order valence-electron chi connectivity index (χ4n) is 6.91. The number of aliphatic carboxylic acids is 1. The van der Waals surface area contributed by atoms with Crippen LogP contribution in [0.25, 0.3) is 0 Å². The van der Waals surface area contributed by atoms with Gasteiger partial charge in [0.05, 0.1) is 6.04 Å². The van der Waals surface area contributed by atoms with Crippen LogP contribution in [0.3, 0.4) is 0 Å². The number of benzene rings is 1. The first-order valence-electron chi connectivity index (χ1n) is 21.7. The van der Waals surface area contributed by atoms with Crippen molar-refractivity contribution in [2.45, 2.75) is 134 Å². The van der Waals surface area contributed by atoms with E-state index in [4.69, 9.17) is 34.4 Å². The predicted molar refractivity (Wildman–Crippen MR) is 240 cm³/mol. The van der Waals surface area contributed by atoms with Crippen LogP contribution in [0.2, 0.25) is 0 Å². The van der Waals surface area contributed by atoms with Gasteiger partial charge < -0.3 is 76.1 Å². The number of phenolic OH excluding ortho intramolecular Hbond substituents is 1. The van der Waals surface area contributed by atoms with Gasteiger partial charge in [0.1, 0.15) is 42.0 Å². The van der Waals surface area contributed by atoms with Gasteiger partial charge in [0, 0.05) is 32.6 Å². The Morgan fingerprint density at radius 2 is 1.23 bits per heavy atom. The van der Waals surface area contributed by atoms with Gasteiger partial charge in [0.25, 0.3) is 0 Å². The number of hydrogen-bond donors (Lipinski definition) is 13. The fraction of sp³-hybridized carbons (Fsp3) is 0.634. The minimum absolute atomic E-state index is 0.0361. The highest BCUT2D eigenvalue weighted by atomic mass is 16.4. The van der Waals surface area contributed by atoms with Gasteiger partial charge in [0.2, 0.25) is 35.4 Å². The number of rotatable bonds is 28. The lowest BCUT2D eigenvalue weighted by molar-refractivity contribution is -0.142. The smallest absolute Gasteiger partial charge is 0.326 e. The molecule has 0 aliphatic carbocycles. The number of nitrogens with zero attached hydrogens (tertiary/aromatic N) is 3. The number of likely N-dealkylation sites (tertiary alicyclic amines) is 1. The lowest BCUT2D eigenvalue weighted by Crippen LogP contribution is -2.60. The zero-order valence-electron chi connectivity index (χ0n) is 37.1. The van der Waals surface area contributed by atoms with Crippen LogP contribution >= 0.6 is 0 Å². The maximum atomic E-state index is 14.0. The van der Waals surface area contributed by atoms with E-state index < -0.39 is 90.3 Å². The molecule has 0 radical (unpaired) electrons. The number of nitrogens with one attached hydrogen (secondary N) is 5. The number of nitrogens with two attached hydrogens (primary N) is 6. The molecule has 7 atom stereocenters. The molecule has 23 nitrogen and oxygen atoms in total. The summed E-state index contributed by atoms with van der Waals surface area (Å²) in [6.07, 6.45) is 2.84. The van der Waals surface area contributed by atoms with Crippen LogP contribution in [0.1, 0.15) is 90.5 Å². The van der Waals surface area contributed by atoms with E-state index >= 15 is 0 Å². The van der Waals surface area contributed by atoms with Crippen LogP contribution in [0.5, 0.6) is 5.75 Å². The SMILES string of the molecule is CCC[C@H](NC(=O)[C@H](CCCN=C(N)N)NC(=O)[C@@H]1CCCN1C(=O)[C@@H](N)CCCN=C(N)N)C(=O)N[C@@H](Cc1ccc(O)cc1)C(=O)N[C@@H](CN)C(=O)N[C@@H](CCC(C)C)C(=O)O. The maximum Gasteiger partial charge on any atom is 0.326 e. The number of carbonyl (C=O) groups excluding carboxylic acids is 6. The maximum absolute atomic E-state index is 14.0. The van der Waals surface area contributed by atoms with E-state index in [0.717, 1.165) is 0 Å². The Balaban J connectivity index is 2.32. The number of hydrogen-bond acceptors (Lipinski definition) is 12. The second kappa shape index (κ2) is 27.7. The number of aromatic hydroxyl groups is 1. The number of phenols is 1. The van der Waals surface area contributed by atoms with Gasteiger partial charge in [-0.15, -0.1) is 0 Å². The molecule has 1 saturated heterocycles. The average Bonchev–Trinajstić information content (AvgIpc) is 3.73. The molecule has 19 N–H and O–H groups in total. The highest BCUT2D eigenvalue weighted by Gasteiger charge is 2.38. The molecule has 1 aliphatic rings. The Hall–Kier alpha value is -6.23. The van der Waals surface area contributed by atoms with Crippen molar-refractivity contribution in [3.05, 3.63) is 29.8 Å². The molecule has 0 spiro atoms. The van der Waals surface area contributed by atoms with Gasteiger partial charge >= 0.3 is 5.97 Å². The number of guanidine groups is 2. The molecule has 0 unspecified atom stereocenters.